The Balaban J connectivity index is 1.61. The van der Waals surface area contributed by atoms with Gasteiger partial charge in [-0.2, -0.15) is 0 Å². The van der Waals surface area contributed by atoms with Crippen molar-refractivity contribution in [1.29, 1.82) is 0 Å². The third-order valence-electron chi connectivity index (χ3n) is 6.09. The highest BCUT2D eigenvalue weighted by Gasteiger charge is 2.47. The Morgan fingerprint density at radius 1 is 1.13 bits per heavy atom. The summed E-state index contributed by atoms with van der Waals surface area (Å²) in [4.78, 5) is 11.0. The number of sulfonamides is 1. The van der Waals surface area contributed by atoms with Crippen LogP contribution in [0.4, 0.5) is 9.18 Å². The standard InChI is InChI=1S/C27H28FN3O6S/c1-27(2)24(18-12-10-17(11-13-18)19-6-5-7-20(16-19)36-25(29)33)38(34,35)31-26(37-27)30-23(14-15-32)21-8-3-4-9-22(21)28/h3-13,16,23-24,32H,14-15H2,1-2H3,(H2,29,33)(H,30,31)/t23-,24-/m0/s1. The number of carbonyl (C=O) groups excluding carboxylic acids is 1. The summed E-state index contributed by atoms with van der Waals surface area (Å²) >= 11 is 0. The van der Waals surface area contributed by atoms with Crippen LogP contribution in [0.15, 0.2) is 77.2 Å². The Kier molecular flexibility index (Phi) is 7.70. The van der Waals surface area contributed by atoms with Gasteiger partial charge in [0.05, 0.1) is 6.04 Å². The number of carbonyl (C=O) groups is 1. The zero-order valence-electron chi connectivity index (χ0n) is 20.8. The van der Waals surface area contributed by atoms with E-state index in [0.717, 1.165) is 11.1 Å². The molecular formula is C27H28FN3O6S. The molecule has 0 aliphatic carbocycles. The molecule has 0 aromatic heterocycles. The van der Waals surface area contributed by atoms with Gasteiger partial charge in [0.25, 0.3) is 10.0 Å². The van der Waals surface area contributed by atoms with Crippen molar-refractivity contribution in [3.63, 3.8) is 0 Å². The van der Waals surface area contributed by atoms with Crippen molar-refractivity contribution in [1.82, 2.24) is 5.32 Å². The first-order valence-corrected chi connectivity index (χ1v) is 13.3. The molecule has 3 aromatic rings. The topological polar surface area (TPSA) is 140 Å². The number of benzene rings is 3. The number of hydrogen-bond acceptors (Lipinski definition) is 7. The second kappa shape index (κ2) is 10.8. The fourth-order valence-electron chi connectivity index (χ4n) is 4.52. The van der Waals surface area contributed by atoms with E-state index >= 15 is 0 Å². The molecule has 4 N–H and O–H groups in total. The van der Waals surface area contributed by atoms with Crippen LogP contribution in [0.3, 0.4) is 0 Å². The van der Waals surface area contributed by atoms with Crippen LogP contribution in [-0.4, -0.2) is 37.8 Å². The maximum absolute atomic E-state index is 14.4. The maximum atomic E-state index is 14.4. The Morgan fingerprint density at radius 3 is 2.47 bits per heavy atom. The predicted molar refractivity (Wildman–Crippen MR) is 140 cm³/mol. The lowest BCUT2D eigenvalue weighted by molar-refractivity contribution is 0.0759. The number of nitrogens with zero attached hydrogens (tertiary/aromatic N) is 1. The highest BCUT2D eigenvalue weighted by Crippen LogP contribution is 2.41. The number of aliphatic hydroxyl groups excluding tert-OH is 1. The first-order valence-electron chi connectivity index (χ1n) is 11.8. The van der Waals surface area contributed by atoms with Gasteiger partial charge in [-0.25, -0.2) is 17.6 Å². The number of aliphatic hydroxyl groups is 1. The molecule has 9 nitrogen and oxygen atoms in total. The summed E-state index contributed by atoms with van der Waals surface area (Å²) in [6, 6.07) is 18.6. The van der Waals surface area contributed by atoms with Crippen molar-refractivity contribution in [2.75, 3.05) is 6.61 Å². The molecule has 1 aliphatic heterocycles. The van der Waals surface area contributed by atoms with Crippen molar-refractivity contribution in [3.05, 3.63) is 89.7 Å². The number of nitrogens with two attached hydrogens (primary N) is 1. The van der Waals surface area contributed by atoms with Gasteiger partial charge in [-0.1, -0.05) is 54.6 Å². The zero-order chi connectivity index (χ0) is 27.5. The summed E-state index contributed by atoms with van der Waals surface area (Å²) < 4.78 is 55.9. The summed E-state index contributed by atoms with van der Waals surface area (Å²) in [5.41, 5.74) is 6.07. The number of nitrogens with one attached hydrogen (secondary N) is 1. The first-order chi connectivity index (χ1) is 18.0. The van der Waals surface area contributed by atoms with Crippen LogP contribution in [-0.2, 0) is 14.8 Å². The molecule has 3 aromatic carbocycles. The number of rotatable bonds is 7. The summed E-state index contributed by atoms with van der Waals surface area (Å²) in [6.07, 6.45) is -0.811. The first kappa shape index (κ1) is 27.1. The van der Waals surface area contributed by atoms with E-state index in [4.69, 9.17) is 15.2 Å². The minimum atomic E-state index is -4.11. The number of primary amides is 1. The van der Waals surface area contributed by atoms with Crippen LogP contribution >= 0.6 is 0 Å². The molecule has 0 spiro atoms. The summed E-state index contributed by atoms with van der Waals surface area (Å²) in [7, 11) is -4.11. The number of ether oxygens (including phenoxy) is 2. The van der Waals surface area contributed by atoms with Crippen LogP contribution in [0, 0.1) is 5.82 Å². The van der Waals surface area contributed by atoms with Crippen molar-refractivity contribution >= 4 is 22.1 Å². The zero-order valence-corrected chi connectivity index (χ0v) is 21.6. The van der Waals surface area contributed by atoms with E-state index in [2.05, 4.69) is 9.71 Å². The van der Waals surface area contributed by atoms with Crippen molar-refractivity contribution in [2.45, 2.75) is 37.2 Å². The van der Waals surface area contributed by atoms with Gasteiger partial charge >= 0.3 is 12.1 Å². The van der Waals surface area contributed by atoms with Crippen molar-refractivity contribution < 1.29 is 32.2 Å². The van der Waals surface area contributed by atoms with E-state index in [1.165, 1.54) is 6.07 Å². The van der Waals surface area contributed by atoms with Gasteiger partial charge in [-0.15, -0.1) is 4.40 Å². The molecule has 0 radical (unpaired) electrons. The van der Waals surface area contributed by atoms with E-state index in [9.17, 15) is 22.7 Å². The van der Waals surface area contributed by atoms with Crippen LogP contribution in [0.5, 0.6) is 5.75 Å². The largest absolute Gasteiger partial charge is 0.457 e. The van der Waals surface area contributed by atoms with E-state index in [-0.39, 0.29) is 30.4 Å². The quantitative estimate of drug-likeness (QED) is 0.407. The van der Waals surface area contributed by atoms with Crippen LogP contribution in [0.2, 0.25) is 0 Å². The molecule has 0 fully saturated rings. The monoisotopic (exact) mass is 541 g/mol. The van der Waals surface area contributed by atoms with Crippen LogP contribution in [0.1, 0.15) is 42.7 Å². The Bertz CT molecular complexity index is 1460. The number of amides is 1. The molecule has 0 unspecified atom stereocenters. The molecule has 1 heterocycles. The lowest BCUT2D eigenvalue weighted by Crippen LogP contribution is -2.47. The smallest absolute Gasteiger partial charge is 0.409 e. The number of halogens is 1. The van der Waals surface area contributed by atoms with Gasteiger partial charge in [-0.3, -0.25) is 0 Å². The lowest BCUT2D eigenvalue weighted by Gasteiger charge is -2.38. The molecule has 11 heteroatoms. The molecule has 0 bridgehead atoms. The second-order valence-electron chi connectivity index (χ2n) is 9.30. The molecule has 200 valence electrons. The van der Waals surface area contributed by atoms with Gasteiger partial charge in [0.1, 0.15) is 22.4 Å². The fraction of sp³-hybridized carbons (Fsp3) is 0.259. The van der Waals surface area contributed by atoms with Gasteiger partial charge in [0, 0.05) is 12.2 Å². The van der Waals surface area contributed by atoms with E-state index in [0.29, 0.717) is 5.56 Å². The second-order valence-corrected chi connectivity index (χ2v) is 11.0. The molecule has 1 amide bonds. The molecular weight excluding hydrogens is 513 g/mol. The molecule has 1 aliphatic rings. The Morgan fingerprint density at radius 2 is 1.84 bits per heavy atom. The van der Waals surface area contributed by atoms with E-state index in [1.54, 1.807) is 74.5 Å². The van der Waals surface area contributed by atoms with Gasteiger partial charge in [0.2, 0.25) is 0 Å². The Labute approximate surface area is 220 Å². The molecule has 38 heavy (non-hydrogen) atoms. The van der Waals surface area contributed by atoms with Gasteiger partial charge < -0.3 is 25.6 Å². The minimum absolute atomic E-state index is 0.111. The molecule has 2 atom stereocenters. The van der Waals surface area contributed by atoms with Crippen molar-refractivity contribution in [3.8, 4) is 16.9 Å². The third kappa shape index (κ3) is 5.95. The molecule has 0 saturated carbocycles. The summed E-state index contributed by atoms with van der Waals surface area (Å²) in [5.74, 6) is -0.214. The number of hydrogen-bond donors (Lipinski definition) is 3. The van der Waals surface area contributed by atoms with E-state index in [1.807, 2.05) is 6.07 Å². The third-order valence-corrected chi connectivity index (χ3v) is 7.95. The lowest BCUT2D eigenvalue weighted by atomic mass is 9.95. The van der Waals surface area contributed by atoms with Gasteiger partial charge in [-0.05, 0) is 55.2 Å². The summed E-state index contributed by atoms with van der Waals surface area (Å²) in [6.45, 7) is 3.00. The Hall–Kier alpha value is -3.96. The SMILES string of the molecule is CC1(C)OC(N[C@@H](CCO)c2ccccc2F)=NS(=O)(=O)[C@H]1c1ccc(-c2cccc(OC(N)=O)c2)cc1. The van der Waals surface area contributed by atoms with Crippen LogP contribution < -0.4 is 15.8 Å². The maximum Gasteiger partial charge on any atom is 0.409 e. The van der Waals surface area contributed by atoms with Gasteiger partial charge in [0.15, 0.2) is 0 Å². The highest BCUT2D eigenvalue weighted by molar-refractivity contribution is 7.90. The predicted octanol–water partition coefficient (Wildman–Crippen LogP) is 4.20. The van der Waals surface area contributed by atoms with Crippen LogP contribution in [0.25, 0.3) is 11.1 Å². The molecule has 0 saturated heterocycles. The van der Waals surface area contributed by atoms with Crippen molar-refractivity contribution in [2.24, 2.45) is 10.1 Å². The number of amidine groups is 1. The average molecular weight is 542 g/mol. The van der Waals surface area contributed by atoms with E-state index < -0.39 is 38.8 Å². The average Bonchev–Trinajstić information content (AvgIpc) is 2.83. The summed E-state index contributed by atoms with van der Waals surface area (Å²) in [5, 5.41) is 11.2. The minimum Gasteiger partial charge on any atom is -0.457 e. The highest BCUT2D eigenvalue weighted by atomic mass is 32.2. The molecule has 4 rings (SSSR count). The fourth-order valence-corrected chi connectivity index (χ4v) is 6.22. The normalized spacial score (nSPS) is 18.5.